The molecule has 0 saturated carbocycles. The molecule has 8 nitrogen and oxygen atoms in total. The van der Waals surface area contributed by atoms with E-state index < -0.39 is 10.0 Å². The lowest BCUT2D eigenvalue weighted by Gasteiger charge is -2.32. The highest BCUT2D eigenvalue weighted by Gasteiger charge is 2.32. The number of carbonyl (C=O) groups is 1. The van der Waals surface area contributed by atoms with Crippen LogP contribution in [0.25, 0.3) is 0 Å². The van der Waals surface area contributed by atoms with Gasteiger partial charge in [0.15, 0.2) is 0 Å². The maximum Gasteiger partial charge on any atom is 0.253 e. The summed E-state index contributed by atoms with van der Waals surface area (Å²) in [5.74, 6) is 0.103. The zero-order valence-electron chi connectivity index (χ0n) is 16.6. The second-order valence-electron chi connectivity index (χ2n) is 7.13. The summed E-state index contributed by atoms with van der Waals surface area (Å²) in [7, 11) is 0.636. The summed E-state index contributed by atoms with van der Waals surface area (Å²) in [5, 5.41) is 3.34. The minimum atomic E-state index is -3.70. The number of hydrogen-bond acceptors (Lipinski definition) is 6. The van der Waals surface area contributed by atoms with Gasteiger partial charge in [-0.1, -0.05) is 0 Å². The van der Waals surface area contributed by atoms with Gasteiger partial charge >= 0.3 is 0 Å². The van der Waals surface area contributed by atoms with Crippen molar-refractivity contribution < 1.29 is 17.9 Å². The van der Waals surface area contributed by atoms with Gasteiger partial charge in [0.1, 0.15) is 10.6 Å². The van der Waals surface area contributed by atoms with E-state index >= 15 is 0 Å². The highest BCUT2D eigenvalue weighted by Crippen LogP contribution is 2.28. The first kappa shape index (κ1) is 22.9. The molecule has 28 heavy (non-hydrogen) atoms. The summed E-state index contributed by atoms with van der Waals surface area (Å²) in [6.45, 7) is 5.33. The van der Waals surface area contributed by atoms with E-state index in [1.165, 1.54) is 27.3 Å². The molecule has 0 bridgehead atoms. The molecule has 10 heteroatoms. The number of carbonyl (C=O) groups excluding carboxylic acids is 1. The zero-order chi connectivity index (χ0) is 19.6. The lowest BCUT2D eigenvalue weighted by Crippen LogP contribution is -2.49. The summed E-state index contributed by atoms with van der Waals surface area (Å²) in [5.41, 5.74) is 0.372. The SMILES string of the molecule is COc1ccc(C(=O)N2CCC(N3CCNCC3)C2)cc1S(=O)(=O)N(C)C.Cl. The molecule has 0 spiro atoms. The first-order valence-corrected chi connectivity index (χ1v) is 10.6. The fourth-order valence-corrected chi connectivity index (χ4v) is 4.74. The van der Waals surface area contributed by atoms with Crippen molar-refractivity contribution in [2.75, 3.05) is 60.5 Å². The van der Waals surface area contributed by atoms with Crippen molar-refractivity contribution in [3.63, 3.8) is 0 Å². The van der Waals surface area contributed by atoms with Gasteiger partial charge in [-0.2, -0.15) is 0 Å². The van der Waals surface area contributed by atoms with Gasteiger partial charge in [0.05, 0.1) is 7.11 Å². The number of piperazine rings is 1. The third kappa shape index (κ3) is 4.60. The van der Waals surface area contributed by atoms with Crippen molar-refractivity contribution in [1.29, 1.82) is 0 Å². The Morgan fingerprint density at radius 2 is 1.89 bits per heavy atom. The Kier molecular flexibility index (Phi) is 7.69. The maximum absolute atomic E-state index is 13.0. The second kappa shape index (κ2) is 9.41. The average molecular weight is 433 g/mol. The molecule has 1 atom stereocenters. The molecule has 3 rings (SSSR count). The highest BCUT2D eigenvalue weighted by molar-refractivity contribution is 7.89. The maximum atomic E-state index is 13.0. The predicted molar refractivity (Wildman–Crippen MR) is 110 cm³/mol. The van der Waals surface area contributed by atoms with Gasteiger partial charge in [0, 0.05) is 65.0 Å². The van der Waals surface area contributed by atoms with E-state index in [4.69, 9.17) is 4.74 Å². The zero-order valence-corrected chi connectivity index (χ0v) is 18.2. The van der Waals surface area contributed by atoms with Crippen LogP contribution >= 0.6 is 12.4 Å². The van der Waals surface area contributed by atoms with Gasteiger partial charge in [-0.3, -0.25) is 9.69 Å². The summed E-state index contributed by atoms with van der Waals surface area (Å²) in [4.78, 5) is 17.2. The van der Waals surface area contributed by atoms with Crippen molar-refractivity contribution in [1.82, 2.24) is 19.4 Å². The Balaban J connectivity index is 0.00000280. The lowest BCUT2D eigenvalue weighted by atomic mass is 10.2. The molecule has 1 unspecified atom stereocenters. The Bertz CT molecular complexity index is 797. The number of rotatable bonds is 5. The van der Waals surface area contributed by atoms with Gasteiger partial charge in [-0.25, -0.2) is 12.7 Å². The molecule has 0 radical (unpaired) electrons. The van der Waals surface area contributed by atoms with E-state index in [9.17, 15) is 13.2 Å². The Hall–Kier alpha value is -1.39. The molecule has 2 fully saturated rings. The third-order valence-electron chi connectivity index (χ3n) is 5.29. The minimum absolute atomic E-state index is 0. The molecule has 1 amide bonds. The normalized spacial score (nSPS) is 20.9. The molecule has 2 aliphatic heterocycles. The van der Waals surface area contributed by atoms with E-state index in [2.05, 4.69) is 10.2 Å². The number of benzene rings is 1. The van der Waals surface area contributed by atoms with Gasteiger partial charge in [-0.15, -0.1) is 12.4 Å². The van der Waals surface area contributed by atoms with Gasteiger partial charge < -0.3 is 15.0 Å². The number of likely N-dealkylation sites (tertiary alicyclic amines) is 1. The van der Waals surface area contributed by atoms with Crippen molar-refractivity contribution in [2.45, 2.75) is 17.4 Å². The first-order valence-electron chi connectivity index (χ1n) is 9.19. The minimum Gasteiger partial charge on any atom is -0.495 e. The molecular weight excluding hydrogens is 404 g/mol. The molecule has 1 aromatic carbocycles. The number of nitrogens with zero attached hydrogens (tertiary/aromatic N) is 3. The smallest absolute Gasteiger partial charge is 0.253 e. The van der Waals surface area contributed by atoms with Crippen molar-refractivity contribution in [2.24, 2.45) is 0 Å². The van der Waals surface area contributed by atoms with E-state index in [0.717, 1.165) is 36.9 Å². The van der Waals surface area contributed by atoms with Crippen LogP contribution in [-0.4, -0.2) is 94.9 Å². The molecule has 2 saturated heterocycles. The van der Waals surface area contributed by atoms with Gasteiger partial charge in [-0.05, 0) is 24.6 Å². The molecule has 0 aromatic heterocycles. The fraction of sp³-hybridized carbons (Fsp3) is 0.611. The molecular formula is C18H29ClN4O4S. The number of ether oxygens (including phenoxy) is 1. The van der Waals surface area contributed by atoms with Crippen molar-refractivity contribution in [3.8, 4) is 5.75 Å². The molecule has 0 aliphatic carbocycles. The van der Waals surface area contributed by atoms with Crippen LogP contribution in [-0.2, 0) is 10.0 Å². The van der Waals surface area contributed by atoms with Crippen LogP contribution in [0.3, 0.4) is 0 Å². The summed E-state index contributed by atoms with van der Waals surface area (Å²) >= 11 is 0. The van der Waals surface area contributed by atoms with E-state index in [0.29, 0.717) is 24.7 Å². The number of nitrogens with one attached hydrogen (secondary N) is 1. The number of methoxy groups -OCH3 is 1. The Morgan fingerprint density at radius 3 is 2.50 bits per heavy atom. The first-order chi connectivity index (χ1) is 12.8. The Morgan fingerprint density at radius 1 is 1.21 bits per heavy atom. The topological polar surface area (TPSA) is 82.2 Å². The second-order valence-corrected chi connectivity index (χ2v) is 9.25. The van der Waals surface area contributed by atoms with Crippen LogP contribution in [0.1, 0.15) is 16.8 Å². The molecule has 2 aliphatic rings. The van der Waals surface area contributed by atoms with Crippen LogP contribution in [0.4, 0.5) is 0 Å². The standard InChI is InChI=1S/C18H28N4O4S.ClH/c1-20(2)27(24,25)17-12-14(4-5-16(17)26-3)18(23)22-9-6-15(13-22)21-10-7-19-8-11-21;/h4-5,12,15,19H,6-11,13H2,1-3H3;1H. The van der Waals surface area contributed by atoms with Gasteiger partial charge in [0.2, 0.25) is 10.0 Å². The average Bonchev–Trinajstić information content (AvgIpc) is 3.17. The van der Waals surface area contributed by atoms with Crippen LogP contribution in [0, 0.1) is 0 Å². The molecule has 2 heterocycles. The molecule has 158 valence electrons. The summed E-state index contributed by atoms with van der Waals surface area (Å²) in [6.07, 6.45) is 0.949. The summed E-state index contributed by atoms with van der Waals surface area (Å²) in [6, 6.07) is 4.98. The fourth-order valence-electron chi connectivity index (χ4n) is 3.66. The van der Waals surface area contributed by atoms with Crippen molar-refractivity contribution >= 4 is 28.3 Å². The predicted octanol–water partition coefficient (Wildman–Crippen LogP) is 0.487. The van der Waals surface area contributed by atoms with E-state index in [1.807, 2.05) is 4.90 Å². The number of sulfonamides is 1. The summed E-state index contributed by atoms with van der Waals surface area (Å²) < 4.78 is 31.5. The quantitative estimate of drug-likeness (QED) is 0.729. The molecule has 1 aromatic rings. The molecule has 1 N–H and O–H groups in total. The van der Waals surface area contributed by atoms with Crippen LogP contribution in [0.2, 0.25) is 0 Å². The third-order valence-corrected chi connectivity index (χ3v) is 7.12. The number of hydrogen-bond donors (Lipinski definition) is 1. The van der Waals surface area contributed by atoms with Crippen LogP contribution in [0.15, 0.2) is 23.1 Å². The highest BCUT2D eigenvalue weighted by atomic mass is 35.5. The lowest BCUT2D eigenvalue weighted by molar-refractivity contribution is 0.0773. The van der Waals surface area contributed by atoms with E-state index in [1.54, 1.807) is 12.1 Å². The number of amides is 1. The van der Waals surface area contributed by atoms with Crippen LogP contribution < -0.4 is 10.1 Å². The van der Waals surface area contributed by atoms with Crippen molar-refractivity contribution in [3.05, 3.63) is 23.8 Å². The largest absolute Gasteiger partial charge is 0.495 e. The Labute approximate surface area is 173 Å². The van der Waals surface area contributed by atoms with E-state index in [-0.39, 0.29) is 29.0 Å². The monoisotopic (exact) mass is 432 g/mol. The van der Waals surface area contributed by atoms with Crippen LogP contribution in [0.5, 0.6) is 5.75 Å². The number of halogens is 1. The van der Waals surface area contributed by atoms with Gasteiger partial charge in [0.25, 0.3) is 5.91 Å².